The van der Waals surface area contributed by atoms with Crippen molar-refractivity contribution in [2.24, 2.45) is 5.11 Å². The summed E-state index contributed by atoms with van der Waals surface area (Å²) in [7, 11) is 0. The van der Waals surface area contributed by atoms with E-state index in [4.69, 9.17) is 19.7 Å². The molecule has 0 aliphatic carbocycles. The number of aromatic nitrogens is 1. The topological polar surface area (TPSA) is 110 Å². The maximum Gasteiger partial charge on any atom is 0.433 e. The molecule has 1 aromatic heterocycles. The predicted molar refractivity (Wildman–Crippen MR) is 107 cm³/mol. The summed E-state index contributed by atoms with van der Waals surface area (Å²) in [6, 6.07) is 9.51. The predicted octanol–water partition coefficient (Wildman–Crippen LogP) is 4.38. The summed E-state index contributed by atoms with van der Waals surface area (Å²) >= 11 is 0.992. The quantitative estimate of drug-likeness (QED) is 0.405. The largest absolute Gasteiger partial charge is 0.433 e. The van der Waals surface area contributed by atoms with Crippen LogP contribution in [-0.4, -0.2) is 46.5 Å². The summed E-state index contributed by atoms with van der Waals surface area (Å²) in [5, 5.41) is 14.6. The van der Waals surface area contributed by atoms with Crippen LogP contribution in [0.2, 0.25) is 0 Å². The molecule has 8 nitrogen and oxygen atoms in total. The number of aliphatic hydroxyl groups is 1. The molecule has 2 fully saturated rings. The normalized spacial score (nSPS) is 30.3. The SMILES string of the molecule is Cc1cc(S[C@H]2O[C@@H]3COC(c4ccccc4)O[C@@H]3[C@H](N=[N+]=[N-])[C@H]2O)cnc1C(F)(F)F. The molecule has 6 atom stereocenters. The summed E-state index contributed by atoms with van der Waals surface area (Å²) in [5.41, 5.74) is 7.84. The summed E-state index contributed by atoms with van der Waals surface area (Å²) in [6.07, 6.45) is -6.87. The van der Waals surface area contributed by atoms with Crippen molar-refractivity contribution in [1.29, 1.82) is 0 Å². The number of fused-ring (bicyclic) bond motifs is 1. The second kappa shape index (κ2) is 9.26. The average Bonchev–Trinajstić information content (AvgIpc) is 2.76. The minimum Gasteiger partial charge on any atom is -0.389 e. The van der Waals surface area contributed by atoms with Gasteiger partial charge in [0.2, 0.25) is 0 Å². The van der Waals surface area contributed by atoms with E-state index in [-0.39, 0.29) is 12.2 Å². The van der Waals surface area contributed by atoms with Gasteiger partial charge in [0.15, 0.2) is 6.29 Å². The number of rotatable bonds is 4. The van der Waals surface area contributed by atoms with Crippen LogP contribution in [0.3, 0.4) is 0 Å². The van der Waals surface area contributed by atoms with Crippen LogP contribution in [0.4, 0.5) is 13.2 Å². The fourth-order valence-corrected chi connectivity index (χ4v) is 4.82. The second-order valence-corrected chi connectivity index (χ2v) is 8.53. The number of hydrogen-bond donors (Lipinski definition) is 1. The van der Waals surface area contributed by atoms with Crippen molar-refractivity contribution in [2.45, 2.75) is 54.1 Å². The van der Waals surface area contributed by atoms with Gasteiger partial charge in [-0.25, -0.2) is 0 Å². The van der Waals surface area contributed by atoms with E-state index in [1.807, 2.05) is 30.3 Å². The molecule has 2 aliphatic rings. The van der Waals surface area contributed by atoms with Gasteiger partial charge < -0.3 is 19.3 Å². The van der Waals surface area contributed by atoms with Crippen LogP contribution < -0.4 is 0 Å². The zero-order valence-electron chi connectivity index (χ0n) is 16.7. The van der Waals surface area contributed by atoms with Crippen molar-refractivity contribution in [3.8, 4) is 0 Å². The maximum absolute atomic E-state index is 13.0. The molecule has 1 N–H and O–H groups in total. The smallest absolute Gasteiger partial charge is 0.389 e. The van der Waals surface area contributed by atoms with E-state index < -0.39 is 47.9 Å². The Morgan fingerprint density at radius 3 is 2.66 bits per heavy atom. The molecule has 1 unspecified atom stereocenters. The zero-order chi connectivity index (χ0) is 22.9. The average molecular weight is 468 g/mol. The van der Waals surface area contributed by atoms with Gasteiger partial charge in [-0.15, -0.1) is 0 Å². The number of pyridine rings is 1. The third-order valence-corrected chi connectivity index (χ3v) is 6.28. The van der Waals surface area contributed by atoms with Gasteiger partial charge in [0.1, 0.15) is 29.4 Å². The van der Waals surface area contributed by atoms with E-state index >= 15 is 0 Å². The minimum absolute atomic E-state index is 0.0488. The highest BCUT2D eigenvalue weighted by Crippen LogP contribution is 2.40. The standard InChI is InChI=1S/C20H19F3N4O4S/c1-10-7-12(8-25-17(10)20(21,22)23)32-19-15(28)14(26-27-24)16-13(30-19)9-29-18(31-16)11-5-3-2-4-6-11/h2-8,13-16,18-19,28H,9H2,1H3/t13-,14-,15-,16+,18?,19-/m1/s1. The molecule has 0 amide bonds. The number of alkyl halides is 3. The molecule has 0 bridgehead atoms. The third kappa shape index (κ3) is 4.70. The lowest BCUT2D eigenvalue weighted by molar-refractivity contribution is -0.297. The van der Waals surface area contributed by atoms with E-state index in [2.05, 4.69) is 15.0 Å². The van der Waals surface area contributed by atoms with Crippen LogP contribution in [0.1, 0.15) is 23.1 Å². The summed E-state index contributed by atoms with van der Waals surface area (Å²) in [5.74, 6) is 0. The first-order chi connectivity index (χ1) is 15.3. The van der Waals surface area contributed by atoms with Gasteiger partial charge in [0, 0.05) is 21.6 Å². The molecule has 170 valence electrons. The highest BCUT2D eigenvalue weighted by atomic mass is 32.2. The number of aliphatic hydroxyl groups excluding tert-OH is 1. The van der Waals surface area contributed by atoms with Gasteiger partial charge in [-0.2, -0.15) is 13.2 Å². The molecule has 0 radical (unpaired) electrons. The maximum atomic E-state index is 13.0. The lowest BCUT2D eigenvalue weighted by Crippen LogP contribution is -2.60. The molecule has 0 saturated carbocycles. The third-order valence-electron chi connectivity index (χ3n) is 5.16. The first-order valence-electron chi connectivity index (χ1n) is 9.68. The van der Waals surface area contributed by atoms with E-state index in [0.29, 0.717) is 4.90 Å². The number of benzene rings is 1. The van der Waals surface area contributed by atoms with Gasteiger partial charge in [0.05, 0.1) is 12.6 Å². The molecular formula is C20H19F3N4O4S. The number of hydrogen-bond acceptors (Lipinski definition) is 7. The highest BCUT2D eigenvalue weighted by molar-refractivity contribution is 7.99. The second-order valence-electron chi connectivity index (χ2n) is 7.36. The number of thioether (sulfide) groups is 1. The molecule has 0 spiro atoms. The number of nitrogens with zero attached hydrogens (tertiary/aromatic N) is 4. The monoisotopic (exact) mass is 468 g/mol. The molecule has 32 heavy (non-hydrogen) atoms. The number of halogens is 3. The fourth-order valence-electron chi connectivity index (χ4n) is 3.69. The molecule has 1 aromatic carbocycles. The molecule has 2 saturated heterocycles. The van der Waals surface area contributed by atoms with Gasteiger partial charge >= 0.3 is 6.18 Å². The Kier molecular flexibility index (Phi) is 6.61. The Morgan fingerprint density at radius 1 is 1.25 bits per heavy atom. The first kappa shape index (κ1) is 22.8. The molecule has 3 heterocycles. The Balaban J connectivity index is 1.53. The van der Waals surface area contributed by atoms with Gasteiger partial charge in [-0.3, -0.25) is 4.98 Å². The minimum atomic E-state index is -4.56. The number of ether oxygens (including phenoxy) is 3. The van der Waals surface area contributed by atoms with Crippen molar-refractivity contribution >= 4 is 11.8 Å². The van der Waals surface area contributed by atoms with Crippen LogP contribution in [0.5, 0.6) is 0 Å². The van der Waals surface area contributed by atoms with Crippen molar-refractivity contribution in [3.05, 3.63) is 69.9 Å². The fraction of sp³-hybridized carbons (Fsp3) is 0.450. The van der Waals surface area contributed by atoms with Crippen LogP contribution in [0.25, 0.3) is 10.4 Å². The van der Waals surface area contributed by atoms with Crippen molar-refractivity contribution < 1.29 is 32.5 Å². The van der Waals surface area contributed by atoms with E-state index in [1.165, 1.54) is 13.0 Å². The Bertz CT molecular complexity index is 1010. The van der Waals surface area contributed by atoms with Crippen LogP contribution in [-0.2, 0) is 20.4 Å². The van der Waals surface area contributed by atoms with E-state index in [9.17, 15) is 18.3 Å². The zero-order valence-corrected chi connectivity index (χ0v) is 17.5. The Hall–Kier alpha value is -2.34. The van der Waals surface area contributed by atoms with E-state index in [0.717, 1.165) is 23.5 Å². The van der Waals surface area contributed by atoms with Crippen molar-refractivity contribution in [1.82, 2.24) is 4.98 Å². The van der Waals surface area contributed by atoms with Crippen molar-refractivity contribution in [3.63, 3.8) is 0 Å². The lowest BCUT2D eigenvalue weighted by Gasteiger charge is -2.46. The van der Waals surface area contributed by atoms with Gasteiger partial charge in [0.25, 0.3) is 0 Å². The summed E-state index contributed by atoms with van der Waals surface area (Å²) in [4.78, 5) is 6.71. The first-order valence-corrected chi connectivity index (χ1v) is 10.6. The summed E-state index contributed by atoms with van der Waals surface area (Å²) in [6.45, 7) is 1.43. The number of aryl methyl sites for hydroxylation is 1. The number of azide groups is 1. The van der Waals surface area contributed by atoms with Crippen LogP contribution in [0.15, 0.2) is 52.6 Å². The molecular weight excluding hydrogens is 449 g/mol. The molecule has 2 aliphatic heterocycles. The Morgan fingerprint density at radius 2 is 2.00 bits per heavy atom. The van der Waals surface area contributed by atoms with Crippen LogP contribution in [0, 0.1) is 6.92 Å². The van der Waals surface area contributed by atoms with Crippen molar-refractivity contribution in [2.75, 3.05) is 6.61 Å². The molecule has 2 aromatic rings. The summed E-state index contributed by atoms with van der Waals surface area (Å²) < 4.78 is 56.6. The molecule has 12 heteroatoms. The highest BCUT2D eigenvalue weighted by Gasteiger charge is 2.49. The van der Waals surface area contributed by atoms with Crippen LogP contribution >= 0.6 is 11.8 Å². The van der Waals surface area contributed by atoms with Gasteiger partial charge in [-0.05, 0) is 24.1 Å². The van der Waals surface area contributed by atoms with Gasteiger partial charge in [-0.1, -0.05) is 47.2 Å². The Labute approximate surface area is 185 Å². The molecule has 4 rings (SSSR count). The van der Waals surface area contributed by atoms with E-state index in [1.54, 1.807) is 0 Å². The lowest BCUT2D eigenvalue weighted by atomic mass is 9.97.